The Hall–Kier alpha value is -3.61. The maximum atomic E-state index is 13.1. The van der Waals surface area contributed by atoms with E-state index in [1.165, 1.54) is 19.2 Å². The van der Waals surface area contributed by atoms with Crippen LogP contribution in [0, 0.1) is 0 Å². The molecule has 2 aromatic rings. The van der Waals surface area contributed by atoms with Crippen molar-refractivity contribution in [3.05, 3.63) is 71.3 Å². The number of hydrogen-bond donors (Lipinski definition) is 0. The Kier molecular flexibility index (Phi) is 5.17. The van der Waals surface area contributed by atoms with E-state index >= 15 is 0 Å². The largest absolute Gasteiger partial charge is 0.497 e. The van der Waals surface area contributed by atoms with Crippen molar-refractivity contribution in [3.63, 3.8) is 0 Å². The summed E-state index contributed by atoms with van der Waals surface area (Å²) in [7, 11) is 3.79. The van der Waals surface area contributed by atoms with Crippen molar-refractivity contribution in [1.29, 1.82) is 0 Å². The van der Waals surface area contributed by atoms with Crippen LogP contribution in [0.4, 0.5) is 0 Å². The van der Waals surface area contributed by atoms with Crippen LogP contribution in [0.5, 0.6) is 5.75 Å². The number of esters is 3. The van der Waals surface area contributed by atoms with Crippen LogP contribution in [-0.4, -0.2) is 39.2 Å². The molecule has 0 saturated carbocycles. The summed E-state index contributed by atoms with van der Waals surface area (Å²) in [6, 6.07) is 14.7. The molecule has 0 bridgehead atoms. The topological polar surface area (TPSA) is 88.1 Å². The lowest BCUT2D eigenvalue weighted by Crippen LogP contribution is -2.46. The molecule has 0 saturated heterocycles. The number of carbonyl (C=O) groups excluding carboxylic acids is 3. The molecule has 0 aliphatic carbocycles. The summed E-state index contributed by atoms with van der Waals surface area (Å²) in [5, 5.41) is 0. The van der Waals surface area contributed by atoms with Gasteiger partial charge in [0.2, 0.25) is 5.41 Å². The minimum Gasteiger partial charge on any atom is -0.497 e. The zero-order valence-electron chi connectivity index (χ0n) is 15.6. The van der Waals surface area contributed by atoms with E-state index in [-0.39, 0.29) is 16.9 Å². The number of carbonyl (C=O) groups is 3. The summed E-state index contributed by atoms with van der Waals surface area (Å²) in [6.45, 7) is 0. The van der Waals surface area contributed by atoms with Gasteiger partial charge >= 0.3 is 17.9 Å². The molecule has 0 amide bonds. The number of benzene rings is 2. The Labute approximate surface area is 161 Å². The van der Waals surface area contributed by atoms with Crippen LogP contribution in [0.15, 0.2) is 60.2 Å². The summed E-state index contributed by atoms with van der Waals surface area (Å²) in [6.07, 6.45) is 0. The second-order valence-corrected chi connectivity index (χ2v) is 5.92. The van der Waals surface area contributed by atoms with Crippen molar-refractivity contribution >= 4 is 23.7 Å². The number of hydrogen-bond acceptors (Lipinski definition) is 7. The number of rotatable bonds is 5. The van der Waals surface area contributed by atoms with E-state index in [2.05, 4.69) is 0 Å². The Balaban J connectivity index is 2.35. The first-order chi connectivity index (χ1) is 13.5. The van der Waals surface area contributed by atoms with Crippen LogP contribution in [0.1, 0.15) is 11.1 Å². The van der Waals surface area contributed by atoms with E-state index in [1.807, 2.05) is 0 Å². The Morgan fingerprint density at radius 1 is 0.893 bits per heavy atom. The van der Waals surface area contributed by atoms with Crippen LogP contribution < -0.4 is 4.74 Å². The van der Waals surface area contributed by atoms with Gasteiger partial charge in [0, 0.05) is 5.56 Å². The lowest BCUT2D eigenvalue weighted by Gasteiger charge is -2.24. The zero-order chi connectivity index (χ0) is 20.3. The van der Waals surface area contributed by atoms with Crippen molar-refractivity contribution in [2.45, 2.75) is 5.41 Å². The third-order valence-electron chi connectivity index (χ3n) is 4.54. The van der Waals surface area contributed by atoms with Gasteiger partial charge in [-0.05, 0) is 17.7 Å². The molecule has 1 heterocycles. The summed E-state index contributed by atoms with van der Waals surface area (Å²) < 4.78 is 20.4. The molecule has 1 aliphatic rings. The van der Waals surface area contributed by atoms with E-state index < -0.39 is 23.3 Å². The van der Waals surface area contributed by atoms with Gasteiger partial charge in [-0.1, -0.05) is 42.5 Å². The summed E-state index contributed by atoms with van der Waals surface area (Å²) in [4.78, 5) is 38.7. The van der Waals surface area contributed by atoms with E-state index in [1.54, 1.807) is 42.5 Å². The number of methoxy groups -OCH3 is 3. The molecule has 3 rings (SSSR count). The van der Waals surface area contributed by atoms with Crippen LogP contribution in [0.3, 0.4) is 0 Å². The van der Waals surface area contributed by atoms with Gasteiger partial charge in [0.25, 0.3) is 0 Å². The molecule has 0 aromatic heterocycles. The van der Waals surface area contributed by atoms with Gasteiger partial charge in [-0.25, -0.2) is 9.59 Å². The predicted octanol–water partition coefficient (Wildman–Crippen LogP) is 2.25. The smallest absolute Gasteiger partial charge is 0.339 e. The van der Waals surface area contributed by atoms with Gasteiger partial charge in [0.15, 0.2) is 5.76 Å². The highest BCUT2D eigenvalue weighted by Gasteiger charge is 2.62. The molecular weight excluding hydrogens is 364 g/mol. The van der Waals surface area contributed by atoms with E-state index in [0.717, 1.165) is 14.2 Å². The quantitative estimate of drug-likeness (QED) is 0.445. The highest BCUT2D eigenvalue weighted by molar-refractivity contribution is 6.23. The van der Waals surface area contributed by atoms with Gasteiger partial charge in [-0.2, -0.15) is 0 Å². The zero-order valence-corrected chi connectivity index (χ0v) is 15.6. The van der Waals surface area contributed by atoms with E-state index in [9.17, 15) is 14.4 Å². The van der Waals surface area contributed by atoms with Gasteiger partial charge in [0.05, 0.1) is 21.3 Å². The molecule has 0 N–H and O–H groups in total. The molecule has 1 unspecified atom stereocenters. The van der Waals surface area contributed by atoms with Crippen molar-refractivity contribution in [2.75, 3.05) is 21.3 Å². The molecule has 0 spiro atoms. The summed E-state index contributed by atoms with van der Waals surface area (Å²) >= 11 is 0. The molecular formula is C21H18O7. The fourth-order valence-corrected chi connectivity index (χ4v) is 3.19. The van der Waals surface area contributed by atoms with E-state index in [4.69, 9.17) is 18.9 Å². The average molecular weight is 382 g/mol. The van der Waals surface area contributed by atoms with Gasteiger partial charge in [0.1, 0.15) is 11.3 Å². The Morgan fingerprint density at radius 3 is 2.07 bits per heavy atom. The molecule has 1 atom stereocenters. The Morgan fingerprint density at radius 2 is 1.54 bits per heavy atom. The van der Waals surface area contributed by atoms with Gasteiger partial charge < -0.3 is 18.9 Å². The van der Waals surface area contributed by atoms with Crippen LogP contribution in [0.2, 0.25) is 0 Å². The van der Waals surface area contributed by atoms with Gasteiger partial charge in [-0.3, -0.25) is 4.79 Å². The lowest BCUT2D eigenvalue weighted by atomic mass is 9.74. The average Bonchev–Trinajstić information content (AvgIpc) is 3.07. The normalized spacial score (nSPS) is 18.5. The molecule has 7 nitrogen and oxygen atoms in total. The summed E-state index contributed by atoms with van der Waals surface area (Å²) in [5.41, 5.74) is -1.69. The monoisotopic (exact) mass is 382 g/mol. The van der Waals surface area contributed by atoms with Crippen molar-refractivity contribution in [2.24, 2.45) is 0 Å². The molecule has 1 aliphatic heterocycles. The first kappa shape index (κ1) is 19.2. The third kappa shape index (κ3) is 2.81. The van der Waals surface area contributed by atoms with Crippen molar-refractivity contribution < 1.29 is 33.3 Å². The highest BCUT2D eigenvalue weighted by atomic mass is 16.6. The third-order valence-corrected chi connectivity index (χ3v) is 4.54. The number of ether oxygens (including phenoxy) is 4. The molecule has 0 radical (unpaired) electrons. The molecule has 0 fully saturated rings. The molecule has 2 aromatic carbocycles. The first-order valence-corrected chi connectivity index (χ1v) is 8.34. The number of cyclic esters (lactones) is 1. The predicted molar refractivity (Wildman–Crippen MR) is 98.2 cm³/mol. The highest BCUT2D eigenvalue weighted by Crippen LogP contribution is 2.46. The van der Waals surface area contributed by atoms with Crippen molar-refractivity contribution in [3.8, 4) is 5.75 Å². The van der Waals surface area contributed by atoms with E-state index in [0.29, 0.717) is 11.3 Å². The van der Waals surface area contributed by atoms with Crippen LogP contribution in [-0.2, 0) is 34.0 Å². The minimum atomic E-state index is -2.11. The van der Waals surface area contributed by atoms with Crippen LogP contribution >= 0.6 is 0 Å². The Bertz CT molecular complexity index is 944. The minimum absolute atomic E-state index is 0.0429. The second kappa shape index (κ2) is 7.56. The fraction of sp³-hybridized carbons (Fsp3) is 0.190. The molecule has 28 heavy (non-hydrogen) atoms. The molecule has 144 valence electrons. The first-order valence-electron chi connectivity index (χ1n) is 8.34. The maximum Gasteiger partial charge on any atom is 0.339 e. The van der Waals surface area contributed by atoms with Crippen LogP contribution in [0.25, 0.3) is 5.76 Å². The second-order valence-electron chi connectivity index (χ2n) is 5.92. The van der Waals surface area contributed by atoms with Gasteiger partial charge in [-0.15, -0.1) is 0 Å². The lowest BCUT2D eigenvalue weighted by molar-refractivity contribution is -0.157. The SMILES string of the molecule is COC(=O)C1=C(c2ccccc2)OC(=O)C1(C(=O)OC)c1ccc(OC)cc1. The fourth-order valence-electron chi connectivity index (χ4n) is 3.19. The molecule has 7 heteroatoms. The summed E-state index contributed by atoms with van der Waals surface area (Å²) in [5.74, 6) is -2.29. The maximum absolute atomic E-state index is 13.1. The standard InChI is InChI=1S/C21H18O7/c1-25-15-11-9-14(10-12-15)21(19(23)27-3)16(18(22)26-2)17(28-20(21)24)13-7-5-4-6-8-13/h4-12H,1-3H3. The van der Waals surface area contributed by atoms with Crippen molar-refractivity contribution in [1.82, 2.24) is 0 Å².